The van der Waals surface area contributed by atoms with Crippen LogP contribution in [-0.4, -0.2) is 39.0 Å². The highest BCUT2D eigenvalue weighted by Crippen LogP contribution is 2.31. The number of anilines is 2. The van der Waals surface area contributed by atoms with Crippen LogP contribution in [0.1, 0.15) is 91.2 Å². The van der Waals surface area contributed by atoms with Gasteiger partial charge in [0.25, 0.3) is 10.0 Å². The van der Waals surface area contributed by atoms with Gasteiger partial charge in [0.05, 0.1) is 4.90 Å². The summed E-state index contributed by atoms with van der Waals surface area (Å²) in [6.07, 6.45) is 4.56. The van der Waals surface area contributed by atoms with E-state index in [1.54, 1.807) is 12.1 Å². The Labute approximate surface area is 246 Å². The minimum absolute atomic E-state index is 0.00717. The van der Waals surface area contributed by atoms with E-state index in [9.17, 15) is 18.0 Å². The highest BCUT2D eigenvalue weighted by atomic mass is 32.2. The van der Waals surface area contributed by atoms with Gasteiger partial charge in [0.2, 0.25) is 5.91 Å². The highest BCUT2D eigenvalue weighted by Gasteiger charge is 2.24. The van der Waals surface area contributed by atoms with Crippen LogP contribution in [0.4, 0.5) is 16.2 Å². The first-order valence-electron chi connectivity index (χ1n) is 14.8. The second-order valence-corrected chi connectivity index (χ2v) is 14.4. The van der Waals surface area contributed by atoms with Gasteiger partial charge in [-0.1, -0.05) is 39.8 Å². The smallest absolute Gasteiger partial charge is 0.333 e. The van der Waals surface area contributed by atoms with Crippen LogP contribution in [0.2, 0.25) is 0 Å². The number of nitrogens with one attached hydrogen (secondary N) is 3. The molecule has 1 aliphatic rings. The Morgan fingerprint density at radius 3 is 2.32 bits per heavy atom. The molecular formula is C32H48N4O4S. The van der Waals surface area contributed by atoms with E-state index in [0.717, 1.165) is 49.9 Å². The molecule has 226 valence electrons. The predicted molar refractivity (Wildman–Crippen MR) is 167 cm³/mol. The van der Waals surface area contributed by atoms with Gasteiger partial charge in [-0.3, -0.25) is 4.79 Å². The summed E-state index contributed by atoms with van der Waals surface area (Å²) in [7, 11) is -4.06. The van der Waals surface area contributed by atoms with Crippen LogP contribution in [0.15, 0.2) is 47.4 Å². The third kappa shape index (κ3) is 9.48. The van der Waals surface area contributed by atoms with Gasteiger partial charge < -0.3 is 15.5 Å². The molecule has 0 aliphatic carbocycles. The molecule has 41 heavy (non-hydrogen) atoms. The number of amides is 3. The Hall–Kier alpha value is -3.07. The van der Waals surface area contributed by atoms with Crippen LogP contribution in [-0.2, 0) is 21.2 Å². The molecule has 2 aromatic carbocycles. The number of hydrogen-bond donors (Lipinski definition) is 3. The topological polar surface area (TPSA) is 108 Å². The van der Waals surface area contributed by atoms with Crippen molar-refractivity contribution in [3.8, 4) is 0 Å². The molecule has 2 unspecified atom stereocenters. The molecule has 0 saturated heterocycles. The molecule has 0 bridgehead atoms. The van der Waals surface area contributed by atoms with Crippen LogP contribution in [0.25, 0.3) is 0 Å². The van der Waals surface area contributed by atoms with E-state index in [-0.39, 0.29) is 28.2 Å². The second kappa shape index (κ2) is 13.7. The molecule has 0 radical (unpaired) electrons. The maximum absolute atomic E-state index is 13.0. The van der Waals surface area contributed by atoms with Crippen molar-refractivity contribution in [2.75, 3.05) is 23.3 Å². The van der Waals surface area contributed by atoms with E-state index in [1.165, 1.54) is 17.8 Å². The van der Waals surface area contributed by atoms with Gasteiger partial charge in [-0.25, -0.2) is 17.9 Å². The Morgan fingerprint density at radius 2 is 1.71 bits per heavy atom. The molecule has 1 aliphatic heterocycles. The molecule has 8 nitrogen and oxygen atoms in total. The zero-order valence-electron chi connectivity index (χ0n) is 25.7. The van der Waals surface area contributed by atoms with Gasteiger partial charge >= 0.3 is 6.03 Å². The lowest BCUT2D eigenvalue weighted by Crippen LogP contribution is -2.43. The maximum Gasteiger partial charge on any atom is 0.333 e. The van der Waals surface area contributed by atoms with Crippen LogP contribution < -0.4 is 20.3 Å². The molecule has 0 saturated carbocycles. The van der Waals surface area contributed by atoms with Crippen molar-refractivity contribution in [3.63, 3.8) is 0 Å². The molecule has 9 heteroatoms. The molecule has 1 heterocycles. The lowest BCUT2D eigenvalue weighted by molar-refractivity contribution is -0.126. The van der Waals surface area contributed by atoms with Crippen molar-refractivity contribution >= 4 is 33.3 Å². The van der Waals surface area contributed by atoms with E-state index >= 15 is 0 Å². The summed E-state index contributed by atoms with van der Waals surface area (Å²) in [6.45, 7) is 16.3. The van der Waals surface area contributed by atoms with Crippen molar-refractivity contribution in [1.29, 1.82) is 0 Å². The fraction of sp³-hybridized carbons (Fsp3) is 0.562. The summed E-state index contributed by atoms with van der Waals surface area (Å²) in [5.41, 5.74) is 3.57. The van der Waals surface area contributed by atoms with E-state index in [2.05, 4.69) is 41.0 Å². The first kappa shape index (κ1) is 32.4. The first-order valence-corrected chi connectivity index (χ1v) is 16.3. The minimum atomic E-state index is -4.06. The number of benzene rings is 2. The fourth-order valence-electron chi connectivity index (χ4n) is 5.22. The fourth-order valence-corrected chi connectivity index (χ4v) is 6.13. The molecule has 2 aromatic rings. The van der Waals surface area contributed by atoms with Gasteiger partial charge in [-0.2, -0.15) is 0 Å². The summed E-state index contributed by atoms with van der Waals surface area (Å²) < 4.78 is 28.0. The lowest BCUT2D eigenvalue weighted by Gasteiger charge is -2.32. The number of rotatable bonds is 11. The number of aryl methyl sites for hydroxylation is 1. The molecule has 3 rings (SSSR count). The number of sulfonamides is 1. The van der Waals surface area contributed by atoms with Crippen molar-refractivity contribution in [2.24, 2.45) is 11.8 Å². The molecular weight excluding hydrogens is 536 g/mol. The zero-order valence-corrected chi connectivity index (χ0v) is 26.5. The van der Waals surface area contributed by atoms with Gasteiger partial charge in [0.1, 0.15) is 0 Å². The highest BCUT2D eigenvalue weighted by molar-refractivity contribution is 7.90. The van der Waals surface area contributed by atoms with Gasteiger partial charge in [-0.15, -0.1) is 0 Å². The summed E-state index contributed by atoms with van der Waals surface area (Å²) >= 11 is 0. The largest absolute Gasteiger partial charge is 0.371 e. The summed E-state index contributed by atoms with van der Waals surface area (Å²) in [5.74, 6) is 0.563. The summed E-state index contributed by atoms with van der Waals surface area (Å²) in [5, 5.41) is 5.71. The molecule has 2 atom stereocenters. The van der Waals surface area contributed by atoms with E-state index in [4.69, 9.17) is 0 Å². The quantitative estimate of drug-likeness (QED) is 0.282. The first-order chi connectivity index (χ1) is 19.2. The van der Waals surface area contributed by atoms with Crippen LogP contribution in [0.5, 0.6) is 0 Å². The lowest BCUT2D eigenvalue weighted by atomic mass is 9.87. The van der Waals surface area contributed by atoms with Crippen LogP contribution >= 0.6 is 0 Å². The Bertz CT molecular complexity index is 1300. The molecule has 0 fully saturated rings. The third-order valence-electron chi connectivity index (χ3n) is 7.49. The number of hydrogen-bond acceptors (Lipinski definition) is 5. The SMILES string of the molecule is CCC(CC(C)C(=O)NC(C)(C)C)c1ccc(S(=O)(=O)NC(=O)Nc2ccc3c(c2)CCCN3CCC(C)C)cc1. The van der Waals surface area contributed by atoms with Crippen LogP contribution in [0.3, 0.4) is 0 Å². The monoisotopic (exact) mass is 584 g/mol. The average Bonchev–Trinajstić information content (AvgIpc) is 2.88. The number of urea groups is 1. The van der Waals surface area contributed by atoms with Crippen molar-refractivity contribution < 1.29 is 18.0 Å². The van der Waals surface area contributed by atoms with Gasteiger partial charge in [0.15, 0.2) is 0 Å². The van der Waals surface area contributed by atoms with E-state index < -0.39 is 16.1 Å². The Morgan fingerprint density at radius 1 is 1.02 bits per heavy atom. The zero-order chi connectivity index (χ0) is 30.4. The minimum Gasteiger partial charge on any atom is -0.371 e. The molecule has 0 aromatic heterocycles. The number of nitrogens with zero attached hydrogens (tertiary/aromatic N) is 1. The van der Waals surface area contributed by atoms with Crippen molar-refractivity contribution in [3.05, 3.63) is 53.6 Å². The second-order valence-electron chi connectivity index (χ2n) is 12.7. The predicted octanol–water partition coefficient (Wildman–Crippen LogP) is 6.43. The average molecular weight is 585 g/mol. The standard InChI is InChI=1S/C32H48N4O4S/c1-8-24(20-23(4)30(37)34-32(5,6)7)25-11-14-28(15-12-25)41(39,40)35-31(38)33-27-13-16-29-26(21-27)10-9-18-36(29)19-17-22(2)3/h11-16,21-24H,8-10,17-20H2,1-7H3,(H,34,37)(H2,33,35,38). The Balaban J connectivity index is 1.62. The molecule has 3 N–H and O–H groups in total. The number of fused-ring (bicyclic) bond motifs is 1. The van der Waals surface area contributed by atoms with E-state index in [0.29, 0.717) is 18.0 Å². The van der Waals surface area contributed by atoms with Crippen molar-refractivity contribution in [1.82, 2.24) is 10.0 Å². The molecule has 3 amide bonds. The van der Waals surface area contributed by atoms with Crippen molar-refractivity contribution in [2.45, 2.75) is 96.9 Å². The molecule has 0 spiro atoms. The van der Waals surface area contributed by atoms with Gasteiger partial charge in [-0.05, 0) is 106 Å². The Kier molecular flexibility index (Phi) is 10.9. The normalized spacial score (nSPS) is 15.2. The number of carbonyl (C=O) groups excluding carboxylic acids is 2. The summed E-state index contributed by atoms with van der Waals surface area (Å²) in [4.78, 5) is 27.6. The van der Waals surface area contributed by atoms with E-state index in [1.807, 2.05) is 45.9 Å². The van der Waals surface area contributed by atoms with Crippen LogP contribution in [0, 0.1) is 11.8 Å². The third-order valence-corrected chi connectivity index (χ3v) is 8.84. The summed E-state index contributed by atoms with van der Waals surface area (Å²) in [6, 6.07) is 11.5. The maximum atomic E-state index is 13.0. The number of carbonyl (C=O) groups is 2. The van der Waals surface area contributed by atoms with Gasteiger partial charge in [0, 0.05) is 35.9 Å².